The largest absolute Gasteiger partial charge is 0.393 e. The molecule has 1 aliphatic rings. The van der Waals surface area contributed by atoms with E-state index in [1.165, 1.54) is 11.5 Å². The highest BCUT2D eigenvalue weighted by molar-refractivity contribution is 7.09. The summed E-state index contributed by atoms with van der Waals surface area (Å²) in [4.78, 5) is 6.66. The number of anilines is 3. The molecule has 1 aromatic heterocycles. The van der Waals surface area contributed by atoms with Gasteiger partial charge in [0.25, 0.3) is 0 Å². The Labute approximate surface area is 152 Å². The molecular formula is C18H23N5OS. The number of nitrogens with zero attached hydrogens (tertiary/aromatic N) is 4. The van der Waals surface area contributed by atoms with Crippen molar-refractivity contribution in [1.82, 2.24) is 9.36 Å². The normalized spacial score (nSPS) is 15.4. The fraction of sp³-hybridized carbons (Fsp3) is 0.500. The van der Waals surface area contributed by atoms with Crippen molar-refractivity contribution in [2.45, 2.75) is 39.2 Å². The van der Waals surface area contributed by atoms with E-state index in [-0.39, 0.29) is 6.10 Å². The molecule has 3 rings (SSSR count). The number of aliphatic hydroxyl groups is 1. The van der Waals surface area contributed by atoms with E-state index in [1.807, 2.05) is 18.2 Å². The zero-order chi connectivity index (χ0) is 17.8. The third-order valence-electron chi connectivity index (χ3n) is 4.23. The number of benzene rings is 1. The molecular weight excluding hydrogens is 334 g/mol. The number of rotatable bonds is 5. The molecule has 1 aliphatic heterocycles. The minimum absolute atomic E-state index is 0.222. The van der Waals surface area contributed by atoms with Crippen LogP contribution in [0.3, 0.4) is 0 Å². The Morgan fingerprint density at radius 1 is 1.40 bits per heavy atom. The molecule has 2 heterocycles. The monoisotopic (exact) mass is 357 g/mol. The van der Waals surface area contributed by atoms with Crippen LogP contribution in [0, 0.1) is 17.2 Å². The van der Waals surface area contributed by atoms with Gasteiger partial charge < -0.3 is 15.3 Å². The Morgan fingerprint density at radius 3 is 2.84 bits per heavy atom. The van der Waals surface area contributed by atoms with Crippen molar-refractivity contribution in [2.24, 2.45) is 5.92 Å². The quantitative estimate of drug-likeness (QED) is 0.854. The van der Waals surface area contributed by atoms with Crippen molar-refractivity contribution >= 4 is 28.0 Å². The Hall–Kier alpha value is -2.17. The standard InChI is InChI=1S/C18H23N5OS/c1-12(2)9-17-21-18(25-22-17)20-14-3-4-16(13(10-14)11-19)23-7-5-15(24)6-8-23/h3-4,10,12,15,24H,5-9H2,1-2H3,(H,20,21,22). The van der Waals surface area contributed by atoms with Crippen LogP contribution in [0.4, 0.5) is 16.5 Å². The Morgan fingerprint density at radius 2 is 2.16 bits per heavy atom. The zero-order valence-electron chi connectivity index (χ0n) is 14.6. The first-order chi connectivity index (χ1) is 12.0. The van der Waals surface area contributed by atoms with Gasteiger partial charge in [-0.25, -0.2) is 4.98 Å². The maximum Gasteiger partial charge on any atom is 0.207 e. The van der Waals surface area contributed by atoms with Crippen LogP contribution in [-0.4, -0.2) is 33.7 Å². The summed E-state index contributed by atoms with van der Waals surface area (Å²) < 4.78 is 4.36. The van der Waals surface area contributed by atoms with Gasteiger partial charge in [0.1, 0.15) is 11.9 Å². The summed E-state index contributed by atoms with van der Waals surface area (Å²) in [5.41, 5.74) is 2.40. The second-order valence-corrected chi connectivity index (χ2v) is 7.55. The van der Waals surface area contributed by atoms with Crippen LogP contribution in [0.25, 0.3) is 0 Å². The van der Waals surface area contributed by atoms with Gasteiger partial charge in [-0.05, 0) is 37.0 Å². The number of aliphatic hydroxyl groups excluding tert-OH is 1. The van der Waals surface area contributed by atoms with Crippen molar-refractivity contribution in [2.75, 3.05) is 23.3 Å². The van der Waals surface area contributed by atoms with Crippen LogP contribution in [0.2, 0.25) is 0 Å². The predicted octanol–water partition coefficient (Wildman–Crippen LogP) is 3.31. The number of piperidine rings is 1. The van der Waals surface area contributed by atoms with Gasteiger partial charge in [0.05, 0.1) is 17.4 Å². The average molecular weight is 357 g/mol. The van der Waals surface area contributed by atoms with E-state index in [0.717, 1.165) is 54.7 Å². The van der Waals surface area contributed by atoms with Gasteiger partial charge in [-0.3, -0.25) is 0 Å². The molecule has 0 saturated carbocycles. The van der Waals surface area contributed by atoms with Crippen molar-refractivity contribution < 1.29 is 5.11 Å². The Kier molecular flexibility index (Phi) is 5.51. The summed E-state index contributed by atoms with van der Waals surface area (Å²) in [5.74, 6) is 1.38. The number of nitrogens with one attached hydrogen (secondary N) is 1. The number of aromatic nitrogens is 2. The van der Waals surface area contributed by atoms with E-state index in [0.29, 0.717) is 11.5 Å². The maximum absolute atomic E-state index is 9.65. The lowest BCUT2D eigenvalue weighted by Crippen LogP contribution is -2.36. The van der Waals surface area contributed by atoms with Crippen molar-refractivity contribution in [1.29, 1.82) is 5.26 Å². The lowest BCUT2D eigenvalue weighted by atomic mass is 10.1. The summed E-state index contributed by atoms with van der Waals surface area (Å²) in [6.07, 6.45) is 2.13. The molecule has 0 radical (unpaired) electrons. The lowest BCUT2D eigenvalue weighted by molar-refractivity contribution is 0.145. The second-order valence-electron chi connectivity index (χ2n) is 6.80. The van der Waals surface area contributed by atoms with Gasteiger partial charge in [0, 0.05) is 36.7 Å². The van der Waals surface area contributed by atoms with Crippen LogP contribution < -0.4 is 10.2 Å². The van der Waals surface area contributed by atoms with E-state index in [1.54, 1.807) is 0 Å². The molecule has 1 saturated heterocycles. The van der Waals surface area contributed by atoms with Gasteiger partial charge in [-0.1, -0.05) is 13.8 Å². The fourth-order valence-corrected chi connectivity index (χ4v) is 3.58. The van der Waals surface area contributed by atoms with Gasteiger partial charge in [-0.2, -0.15) is 9.64 Å². The number of nitriles is 1. The molecule has 7 heteroatoms. The lowest BCUT2D eigenvalue weighted by Gasteiger charge is -2.32. The van der Waals surface area contributed by atoms with E-state index >= 15 is 0 Å². The number of hydrogen-bond donors (Lipinski definition) is 2. The van der Waals surface area contributed by atoms with Crippen LogP contribution >= 0.6 is 11.5 Å². The summed E-state index contributed by atoms with van der Waals surface area (Å²) in [5, 5.41) is 23.2. The number of hydrogen-bond acceptors (Lipinski definition) is 7. The molecule has 0 aliphatic carbocycles. The SMILES string of the molecule is CC(C)Cc1nsc(Nc2ccc(N3CCC(O)CC3)c(C#N)c2)n1. The molecule has 6 nitrogen and oxygen atoms in total. The topological polar surface area (TPSA) is 85.1 Å². The zero-order valence-corrected chi connectivity index (χ0v) is 15.4. The first-order valence-electron chi connectivity index (χ1n) is 8.62. The highest BCUT2D eigenvalue weighted by Crippen LogP contribution is 2.28. The average Bonchev–Trinajstić information content (AvgIpc) is 3.01. The minimum atomic E-state index is -0.222. The van der Waals surface area contributed by atoms with Crippen molar-refractivity contribution in [3.05, 3.63) is 29.6 Å². The van der Waals surface area contributed by atoms with Crippen molar-refractivity contribution in [3.63, 3.8) is 0 Å². The van der Waals surface area contributed by atoms with E-state index in [4.69, 9.17) is 0 Å². The van der Waals surface area contributed by atoms with Crippen molar-refractivity contribution in [3.8, 4) is 6.07 Å². The van der Waals surface area contributed by atoms with Gasteiger partial charge in [0.15, 0.2) is 0 Å². The molecule has 0 bridgehead atoms. The molecule has 0 amide bonds. The molecule has 2 aromatic rings. The predicted molar refractivity (Wildman–Crippen MR) is 100 cm³/mol. The summed E-state index contributed by atoms with van der Waals surface area (Å²) in [6.45, 7) is 5.84. The smallest absolute Gasteiger partial charge is 0.207 e. The molecule has 1 fully saturated rings. The third kappa shape index (κ3) is 4.47. The van der Waals surface area contributed by atoms with Crippen LogP contribution in [0.1, 0.15) is 38.1 Å². The van der Waals surface area contributed by atoms with Crippen LogP contribution in [-0.2, 0) is 6.42 Å². The van der Waals surface area contributed by atoms with Crippen LogP contribution in [0.15, 0.2) is 18.2 Å². The van der Waals surface area contributed by atoms with Gasteiger partial charge in [0.2, 0.25) is 5.13 Å². The highest BCUT2D eigenvalue weighted by Gasteiger charge is 2.19. The maximum atomic E-state index is 9.65. The molecule has 0 spiro atoms. The van der Waals surface area contributed by atoms with E-state index in [9.17, 15) is 10.4 Å². The molecule has 0 unspecified atom stereocenters. The molecule has 0 atom stereocenters. The summed E-state index contributed by atoms with van der Waals surface area (Å²) in [6, 6.07) is 8.07. The Bertz CT molecular complexity index is 759. The second kappa shape index (κ2) is 7.81. The summed E-state index contributed by atoms with van der Waals surface area (Å²) >= 11 is 1.34. The fourth-order valence-electron chi connectivity index (χ4n) is 2.96. The van der Waals surface area contributed by atoms with Gasteiger partial charge in [-0.15, -0.1) is 0 Å². The van der Waals surface area contributed by atoms with Crippen LogP contribution in [0.5, 0.6) is 0 Å². The first-order valence-corrected chi connectivity index (χ1v) is 9.39. The third-order valence-corrected chi connectivity index (χ3v) is 4.90. The Balaban J connectivity index is 1.73. The highest BCUT2D eigenvalue weighted by atomic mass is 32.1. The molecule has 1 aromatic carbocycles. The summed E-state index contributed by atoms with van der Waals surface area (Å²) in [7, 11) is 0. The van der Waals surface area contributed by atoms with Gasteiger partial charge >= 0.3 is 0 Å². The first kappa shape index (κ1) is 17.6. The molecule has 2 N–H and O–H groups in total. The van der Waals surface area contributed by atoms with E-state index < -0.39 is 0 Å². The minimum Gasteiger partial charge on any atom is -0.393 e. The van der Waals surface area contributed by atoms with E-state index in [2.05, 4.69) is 39.5 Å². The molecule has 25 heavy (non-hydrogen) atoms. The molecule has 132 valence electrons.